The Labute approximate surface area is 209 Å². The summed E-state index contributed by atoms with van der Waals surface area (Å²) in [5.74, 6) is -3.77. The summed E-state index contributed by atoms with van der Waals surface area (Å²) in [5.41, 5.74) is -0.574. The van der Waals surface area contributed by atoms with Gasteiger partial charge in [0.15, 0.2) is 28.9 Å². The van der Waals surface area contributed by atoms with Crippen LogP contribution in [-0.4, -0.2) is 29.2 Å². The maximum absolute atomic E-state index is 14.4. The third-order valence-corrected chi connectivity index (χ3v) is 5.68. The van der Waals surface area contributed by atoms with E-state index in [1.165, 1.54) is 25.3 Å². The fourth-order valence-electron chi connectivity index (χ4n) is 3.90. The lowest BCUT2D eigenvalue weighted by Crippen LogP contribution is -2.24. The maximum atomic E-state index is 14.4. The number of carbonyl (C=O) groups excluding carboxylic acids is 1. The molecule has 3 aromatic rings. The minimum atomic E-state index is -5.05. The van der Waals surface area contributed by atoms with E-state index in [4.69, 9.17) is 4.74 Å². The Morgan fingerprint density at radius 2 is 1.65 bits per heavy atom. The largest absolute Gasteiger partial charge is 0.573 e. The summed E-state index contributed by atoms with van der Waals surface area (Å²) in [4.78, 5) is 32.1. The first kappa shape index (κ1) is 27.8. The molecule has 198 valence electrons. The van der Waals surface area contributed by atoms with Crippen LogP contribution in [0.2, 0.25) is 0 Å². The second-order valence-corrected chi connectivity index (χ2v) is 9.51. The third kappa shape index (κ3) is 7.37. The predicted octanol–water partition coefficient (Wildman–Crippen LogP) is 5.95. The zero-order valence-corrected chi connectivity index (χ0v) is 20.5. The van der Waals surface area contributed by atoms with Gasteiger partial charge in [0.05, 0.1) is 7.11 Å². The van der Waals surface area contributed by atoms with E-state index in [1.54, 1.807) is 26.8 Å². The van der Waals surface area contributed by atoms with Crippen LogP contribution in [0.25, 0.3) is 0 Å². The van der Waals surface area contributed by atoms with Gasteiger partial charge >= 0.3 is 6.36 Å². The number of ketones is 1. The highest BCUT2D eigenvalue weighted by Gasteiger charge is 2.34. The van der Waals surface area contributed by atoms with Crippen molar-refractivity contribution in [2.24, 2.45) is 5.41 Å². The molecule has 0 spiro atoms. The zero-order chi connectivity index (χ0) is 27.5. The van der Waals surface area contributed by atoms with Crippen LogP contribution >= 0.6 is 0 Å². The Bertz CT molecular complexity index is 1350. The standard InChI is InChI=1S/C26H25F5N2O4/c1-25(2,3)16(15-6-8-22(18(28)11-15)37-26(29,30)31)12-20(34)19-13-24(35)33-23(32-19)10-14-5-7-21(36-4)17(27)9-14/h5-9,11,13,16H,10,12H2,1-4H3,(H,32,33,35)/t16-/m0/s1. The minimum absolute atomic E-state index is 0.0336. The highest BCUT2D eigenvalue weighted by atomic mass is 19.4. The number of hydrogen-bond donors (Lipinski definition) is 1. The minimum Gasteiger partial charge on any atom is -0.494 e. The molecular weight excluding hydrogens is 499 g/mol. The van der Waals surface area contributed by atoms with Crippen molar-refractivity contribution in [1.29, 1.82) is 0 Å². The molecule has 0 saturated heterocycles. The smallest absolute Gasteiger partial charge is 0.494 e. The molecule has 1 N–H and O–H groups in total. The van der Waals surface area contributed by atoms with Gasteiger partial charge in [-0.2, -0.15) is 0 Å². The van der Waals surface area contributed by atoms with E-state index >= 15 is 0 Å². The molecule has 0 aliphatic rings. The molecule has 11 heteroatoms. The quantitative estimate of drug-likeness (QED) is 0.291. The van der Waals surface area contributed by atoms with Crippen molar-refractivity contribution in [3.63, 3.8) is 0 Å². The number of hydrogen-bond acceptors (Lipinski definition) is 5. The van der Waals surface area contributed by atoms with Gasteiger partial charge < -0.3 is 14.5 Å². The Morgan fingerprint density at radius 1 is 1.00 bits per heavy atom. The number of aromatic nitrogens is 2. The van der Waals surface area contributed by atoms with Gasteiger partial charge in [-0.15, -0.1) is 13.2 Å². The molecular formula is C26H25F5N2O4. The first-order chi connectivity index (χ1) is 17.2. The van der Waals surface area contributed by atoms with Gasteiger partial charge in [-0.25, -0.2) is 13.8 Å². The van der Waals surface area contributed by atoms with E-state index in [-0.39, 0.29) is 35.7 Å². The number of H-pyrrole nitrogens is 1. The van der Waals surface area contributed by atoms with Gasteiger partial charge in [0.2, 0.25) is 0 Å². The van der Waals surface area contributed by atoms with E-state index in [0.29, 0.717) is 5.56 Å². The molecule has 0 radical (unpaired) electrons. The number of aromatic amines is 1. The number of halogens is 5. The molecule has 0 aliphatic heterocycles. The van der Waals surface area contributed by atoms with Crippen molar-refractivity contribution < 1.29 is 36.2 Å². The number of nitrogens with zero attached hydrogens (tertiary/aromatic N) is 1. The summed E-state index contributed by atoms with van der Waals surface area (Å²) >= 11 is 0. The molecule has 1 heterocycles. The van der Waals surface area contributed by atoms with Crippen LogP contribution in [-0.2, 0) is 6.42 Å². The maximum Gasteiger partial charge on any atom is 0.573 e. The van der Waals surface area contributed by atoms with Crippen molar-refractivity contribution >= 4 is 5.78 Å². The van der Waals surface area contributed by atoms with Crippen LogP contribution in [0.4, 0.5) is 22.0 Å². The number of nitrogens with one attached hydrogen (secondary N) is 1. The van der Waals surface area contributed by atoms with Crippen LogP contribution in [0.15, 0.2) is 47.3 Å². The summed E-state index contributed by atoms with van der Waals surface area (Å²) < 4.78 is 74.4. The van der Waals surface area contributed by atoms with Gasteiger partial charge in [-0.1, -0.05) is 32.9 Å². The molecule has 0 aliphatic carbocycles. The molecule has 0 saturated carbocycles. The Hall–Kier alpha value is -3.76. The highest BCUT2D eigenvalue weighted by Crippen LogP contribution is 2.40. The van der Waals surface area contributed by atoms with Crippen LogP contribution < -0.4 is 15.0 Å². The molecule has 0 amide bonds. The number of Topliss-reactive ketones (excluding diaryl/α,β-unsaturated/α-hetero) is 1. The van der Waals surface area contributed by atoms with Crippen LogP contribution in [0.1, 0.15) is 60.5 Å². The first-order valence-electron chi connectivity index (χ1n) is 11.2. The molecule has 1 atom stereocenters. The Kier molecular flexibility index (Phi) is 8.04. The molecule has 0 bridgehead atoms. The number of rotatable bonds is 8. The topological polar surface area (TPSA) is 81.3 Å². The van der Waals surface area contributed by atoms with Gasteiger partial charge in [-0.05, 0) is 46.7 Å². The summed E-state index contributed by atoms with van der Waals surface area (Å²) in [6.45, 7) is 5.37. The van der Waals surface area contributed by atoms with E-state index in [2.05, 4.69) is 14.7 Å². The molecule has 3 rings (SSSR count). The van der Waals surface area contributed by atoms with Gasteiger partial charge in [0, 0.05) is 18.9 Å². The SMILES string of the molecule is COc1ccc(Cc2nc(C(=O)C[C@@H](c3ccc(OC(F)(F)F)c(F)c3)C(C)(C)C)cc(=O)[nH]2)cc1F. The number of methoxy groups -OCH3 is 1. The monoisotopic (exact) mass is 524 g/mol. The highest BCUT2D eigenvalue weighted by molar-refractivity contribution is 5.94. The van der Waals surface area contributed by atoms with Gasteiger partial charge in [0.1, 0.15) is 11.5 Å². The summed E-state index contributed by atoms with van der Waals surface area (Å²) in [6, 6.07) is 8.30. The van der Waals surface area contributed by atoms with Crippen LogP contribution in [0.3, 0.4) is 0 Å². The summed E-state index contributed by atoms with van der Waals surface area (Å²) in [7, 11) is 1.33. The molecule has 37 heavy (non-hydrogen) atoms. The lowest BCUT2D eigenvalue weighted by molar-refractivity contribution is -0.275. The van der Waals surface area contributed by atoms with Crippen LogP contribution in [0, 0.1) is 17.0 Å². The van der Waals surface area contributed by atoms with Crippen LogP contribution in [0.5, 0.6) is 11.5 Å². The molecule has 2 aromatic carbocycles. The van der Waals surface area contributed by atoms with Crippen molar-refractivity contribution in [1.82, 2.24) is 9.97 Å². The van der Waals surface area contributed by atoms with E-state index in [0.717, 1.165) is 18.2 Å². The number of ether oxygens (including phenoxy) is 2. The normalized spacial score (nSPS) is 12.8. The van der Waals surface area contributed by atoms with Gasteiger partial charge in [0.25, 0.3) is 5.56 Å². The first-order valence-corrected chi connectivity index (χ1v) is 11.2. The fraction of sp³-hybridized carbons (Fsp3) is 0.346. The summed E-state index contributed by atoms with van der Waals surface area (Å²) in [5, 5.41) is 0. The molecule has 0 fully saturated rings. The number of carbonyl (C=O) groups is 1. The Balaban J connectivity index is 1.87. The van der Waals surface area contributed by atoms with Gasteiger partial charge in [-0.3, -0.25) is 9.59 Å². The van der Waals surface area contributed by atoms with E-state index < -0.39 is 46.4 Å². The fourth-order valence-corrected chi connectivity index (χ4v) is 3.90. The molecule has 6 nitrogen and oxygen atoms in total. The van der Waals surface area contributed by atoms with Crippen molar-refractivity contribution in [3.8, 4) is 11.5 Å². The number of alkyl halides is 3. The lowest BCUT2D eigenvalue weighted by atomic mass is 9.73. The second kappa shape index (κ2) is 10.7. The second-order valence-electron chi connectivity index (χ2n) is 9.51. The molecule has 1 aromatic heterocycles. The summed E-state index contributed by atoms with van der Waals surface area (Å²) in [6.07, 6.45) is -5.22. The molecule has 0 unspecified atom stereocenters. The zero-order valence-electron chi connectivity index (χ0n) is 20.5. The average Bonchev–Trinajstić information content (AvgIpc) is 2.77. The third-order valence-electron chi connectivity index (χ3n) is 5.68. The predicted molar refractivity (Wildman–Crippen MR) is 125 cm³/mol. The average molecular weight is 524 g/mol. The number of benzene rings is 2. The van der Waals surface area contributed by atoms with Crippen molar-refractivity contribution in [3.05, 3.63) is 87.1 Å². The van der Waals surface area contributed by atoms with E-state index in [9.17, 15) is 31.5 Å². The Morgan fingerprint density at radius 3 is 2.22 bits per heavy atom. The van der Waals surface area contributed by atoms with E-state index in [1.807, 2.05) is 0 Å². The lowest BCUT2D eigenvalue weighted by Gasteiger charge is -2.31. The van der Waals surface area contributed by atoms with Crippen molar-refractivity contribution in [2.45, 2.75) is 45.9 Å². The van der Waals surface area contributed by atoms with Crippen molar-refractivity contribution in [2.75, 3.05) is 7.11 Å².